The number of nitrogens with one attached hydrogen (secondary N) is 1. The Bertz CT molecular complexity index is 807. The van der Waals surface area contributed by atoms with Gasteiger partial charge in [0.2, 0.25) is 21.7 Å². The predicted molar refractivity (Wildman–Crippen MR) is 90.3 cm³/mol. The fourth-order valence-electron chi connectivity index (χ4n) is 3.62. The number of anilines is 1. The second-order valence-corrected chi connectivity index (χ2v) is 8.56. The minimum atomic E-state index is -4.84. The van der Waals surface area contributed by atoms with Crippen molar-refractivity contribution in [3.05, 3.63) is 24.3 Å². The molecular weight excluding hydrogens is 366 g/mol. The Hall–Kier alpha value is -2.03. The fourth-order valence-corrected chi connectivity index (χ4v) is 4.51. The van der Waals surface area contributed by atoms with Gasteiger partial charge in [0.25, 0.3) is 0 Å². The van der Waals surface area contributed by atoms with Crippen LogP contribution in [0.4, 0.5) is 14.5 Å². The number of para-hydroxylation sites is 1. The number of carbonyl (C=O) groups is 2. The minimum absolute atomic E-state index is 0.0477. The van der Waals surface area contributed by atoms with Crippen LogP contribution in [0.25, 0.3) is 0 Å². The monoisotopic (exact) mass is 386 g/mol. The largest absolute Gasteiger partial charge is 0.341 e. The zero-order valence-electron chi connectivity index (χ0n) is 14.0. The molecule has 1 aliphatic heterocycles. The maximum atomic E-state index is 12.8. The Morgan fingerprint density at radius 1 is 1.19 bits per heavy atom. The van der Waals surface area contributed by atoms with Crippen molar-refractivity contribution < 1.29 is 26.8 Å². The Kier molecular flexibility index (Phi) is 5.27. The highest BCUT2D eigenvalue weighted by atomic mass is 32.2. The van der Waals surface area contributed by atoms with E-state index in [1.165, 1.54) is 18.2 Å². The first-order valence-corrected chi connectivity index (χ1v) is 10.1. The number of halogens is 2. The summed E-state index contributed by atoms with van der Waals surface area (Å²) in [6, 6.07) is 5.21. The summed E-state index contributed by atoms with van der Waals surface area (Å²) < 4.78 is 49.2. The molecule has 1 saturated heterocycles. The van der Waals surface area contributed by atoms with Crippen LogP contribution < -0.4 is 5.32 Å². The molecule has 6 nitrogen and oxygen atoms in total. The summed E-state index contributed by atoms with van der Waals surface area (Å²) in [6.45, 7) is 0.277. The fraction of sp³-hybridized carbons (Fsp3) is 0.529. The summed E-state index contributed by atoms with van der Waals surface area (Å²) in [6.07, 6.45) is 4.02. The highest BCUT2D eigenvalue weighted by molar-refractivity contribution is 7.91. The van der Waals surface area contributed by atoms with Gasteiger partial charge in [-0.2, -0.15) is 8.78 Å². The normalized spacial score (nSPS) is 21.6. The van der Waals surface area contributed by atoms with E-state index < -0.39 is 32.3 Å². The third kappa shape index (κ3) is 3.58. The van der Waals surface area contributed by atoms with Gasteiger partial charge in [-0.3, -0.25) is 9.59 Å². The lowest BCUT2D eigenvalue weighted by Gasteiger charge is -2.24. The quantitative estimate of drug-likeness (QED) is 0.842. The molecule has 9 heteroatoms. The number of benzene rings is 1. The molecule has 1 aliphatic carbocycles. The predicted octanol–water partition coefficient (Wildman–Crippen LogP) is 2.41. The van der Waals surface area contributed by atoms with E-state index in [1.807, 2.05) is 0 Å². The number of carbonyl (C=O) groups excluding carboxylic acids is 2. The first-order valence-electron chi connectivity index (χ1n) is 8.52. The van der Waals surface area contributed by atoms with Crippen molar-refractivity contribution >= 4 is 27.3 Å². The lowest BCUT2D eigenvalue weighted by atomic mass is 10.1. The van der Waals surface area contributed by atoms with Crippen molar-refractivity contribution in [1.29, 1.82) is 0 Å². The van der Waals surface area contributed by atoms with E-state index in [2.05, 4.69) is 5.32 Å². The molecule has 1 aromatic carbocycles. The zero-order chi connectivity index (χ0) is 18.9. The molecule has 142 valence electrons. The smallest absolute Gasteiger partial charge is 0.339 e. The molecule has 1 N–H and O–H groups in total. The van der Waals surface area contributed by atoms with E-state index in [9.17, 15) is 26.8 Å². The number of sulfone groups is 1. The second-order valence-electron chi connectivity index (χ2n) is 6.68. The van der Waals surface area contributed by atoms with Crippen LogP contribution in [0.2, 0.25) is 0 Å². The summed E-state index contributed by atoms with van der Waals surface area (Å²) in [5.74, 6) is -4.82. The van der Waals surface area contributed by atoms with E-state index in [4.69, 9.17) is 0 Å². The minimum Gasteiger partial charge on any atom is -0.339 e. The van der Waals surface area contributed by atoms with Gasteiger partial charge in [0.15, 0.2) is 0 Å². The standard InChI is InChI=1S/C17H20F2N2O4S/c18-17(19)26(24,25)14-8-4-3-7-13(14)20-16(23)11-9-15(22)21(10-11)12-5-1-2-6-12/h3-4,7-8,11-12,17H,1-2,5-6,9-10H2,(H,20,23). The number of hydrogen-bond acceptors (Lipinski definition) is 4. The SMILES string of the molecule is O=C(Nc1ccccc1S(=O)(=O)C(F)F)C1CC(=O)N(C2CCCC2)C1. The molecule has 0 radical (unpaired) electrons. The van der Waals surface area contributed by atoms with Crippen LogP contribution in [0.1, 0.15) is 32.1 Å². The van der Waals surface area contributed by atoms with Gasteiger partial charge in [-0.25, -0.2) is 8.42 Å². The van der Waals surface area contributed by atoms with Gasteiger partial charge in [0, 0.05) is 19.0 Å². The van der Waals surface area contributed by atoms with E-state index in [-0.39, 0.29) is 30.6 Å². The molecule has 0 bridgehead atoms. The van der Waals surface area contributed by atoms with Crippen LogP contribution >= 0.6 is 0 Å². The number of rotatable bonds is 5. The van der Waals surface area contributed by atoms with Crippen molar-refractivity contribution in [2.75, 3.05) is 11.9 Å². The van der Waals surface area contributed by atoms with Gasteiger partial charge in [-0.15, -0.1) is 0 Å². The van der Waals surface area contributed by atoms with Crippen LogP contribution in [-0.2, 0) is 19.4 Å². The van der Waals surface area contributed by atoms with Crippen molar-refractivity contribution in [1.82, 2.24) is 4.90 Å². The number of alkyl halides is 2. The molecule has 0 aromatic heterocycles. The van der Waals surface area contributed by atoms with Crippen molar-refractivity contribution in [2.24, 2.45) is 5.92 Å². The van der Waals surface area contributed by atoms with Crippen LogP contribution in [0.3, 0.4) is 0 Å². The molecule has 1 saturated carbocycles. The van der Waals surface area contributed by atoms with Gasteiger partial charge in [-0.1, -0.05) is 25.0 Å². The van der Waals surface area contributed by atoms with E-state index in [0.29, 0.717) is 0 Å². The van der Waals surface area contributed by atoms with Gasteiger partial charge >= 0.3 is 5.76 Å². The van der Waals surface area contributed by atoms with Gasteiger partial charge < -0.3 is 10.2 Å². The van der Waals surface area contributed by atoms with E-state index >= 15 is 0 Å². The molecule has 2 aliphatic rings. The third-order valence-corrected chi connectivity index (χ3v) is 6.42. The van der Waals surface area contributed by atoms with Gasteiger partial charge in [-0.05, 0) is 25.0 Å². The number of amides is 2. The molecule has 3 rings (SSSR count). The highest BCUT2D eigenvalue weighted by Crippen LogP contribution is 2.31. The first-order chi connectivity index (χ1) is 12.3. The molecule has 1 heterocycles. The summed E-state index contributed by atoms with van der Waals surface area (Å²) in [5.41, 5.74) is -0.190. The van der Waals surface area contributed by atoms with Crippen LogP contribution in [0.5, 0.6) is 0 Å². The molecular formula is C17H20F2N2O4S. The maximum absolute atomic E-state index is 12.8. The molecule has 1 unspecified atom stereocenters. The average Bonchev–Trinajstić information content (AvgIpc) is 3.24. The number of likely N-dealkylation sites (tertiary alicyclic amines) is 1. The molecule has 1 atom stereocenters. The average molecular weight is 386 g/mol. The Labute approximate surface area is 150 Å². The molecule has 1 aromatic rings. The first kappa shape index (κ1) is 18.8. The second kappa shape index (κ2) is 7.30. The van der Waals surface area contributed by atoms with Crippen LogP contribution in [0.15, 0.2) is 29.2 Å². The molecule has 2 amide bonds. The number of nitrogens with zero attached hydrogens (tertiary/aromatic N) is 1. The van der Waals surface area contributed by atoms with Crippen molar-refractivity contribution in [3.63, 3.8) is 0 Å². The molecule has 26 heavy (non-hydrogen) atoms. The molecule has 2 fully saturated rings. The van der Waals surface area contributed by atoms with Crippen LogP contribution in [-0.4, -0.2) is 43.5 Å². The summed E-state index contributed by atoms with van der Waals surface area (Å²) in [5, 5.41) is 2.41. The van der Waals surface area contributed by atoms with Crippen molar-refractivity contribution in [3.8, 4) is 0 Å². The molecule has 0 spiro atoms. The van der Waals surface area contributed by atoms with E-state index in [0.717, 1.165) is 31.7 Å². The summed E-state index contributed by atoms with van der Waals surface area (Å²) >= 11 is 0. The third-order valence-electron chi connectivity index (χ3n) is 4.98. The van der Waals surface area contributed by atoms with E-state index in [1.54, 1.807) is 4.90 Å². The Balaban J connectivity index is 1.74. The zero-order valence-corrected chi connectivity index (χ0v) is 14.8. The Morgan fingerprint density at radius 2 is 1.85 bits per heavy atom. The number of hydrogen-bond donors (Lipinski definition) is 1. The summed E-state index contributed by atoms with van der Waals surface area (Å²) in [4.78, 5) is 25.8. The van der Waals surface area contributed by atoms with Crippen molar-refractivity contribution in [2.45, 2.75) is 48.8 Å². The lowest BCUT2D eigenvalue weighted by molar-refractivity contribution is -0.129. The maximum Gasteiger partial charge on any atom is 0.341 e. The summed E-state index contributed by atoms with van der Waals surface area (Å²) in [7, 11) is -4.84. The van der Waals surface area contributed by atoms with Gasteiger partial charge in [0.05, 0.1) is 16.5 Å². The Morgan fingerprint density at radius 3 is 2.50 bits per heavy atom. The van der Waals surface area contributed by atoms with Crippen LogP contribution in [0, 0.1) is 5.92 Å². The highest BCUT2D eigenvalue weighted by Gasteiger charge is 2.39. The lowest BCUT2D eigenvalue weighted by Crippen LogP contribution is -2.35. The topological polar surface area (TPSA) is 83.5 Å². The van der Waals surface area contributed by atoms with Gasteiger partial charge in [0.1, 0.15) is 0 Å².